The van der Waals surface area contributed by atoms with Crippen molar-refractivity contribution in [1.29, 1.82) is 0 Å². The number of H-pyrrole nitrogens is 1. The number of aromatic nitrogens is 2. The van der Waals surface area contributed by atoms with Crippen LogP contribution < -0.4 is 0 Å². The minimum Gasteiger partial charge on any atom is -0.480 e. The highest BCUT2D eigenvalue weighted by atomic mass is 16.4. The Morgan fingerprint density at radius 3 is 2.95 bits per heavy atom. The molecule has 2 atom stereocenters. The summed E-state index contributed by atoms with van der Waals surface area (Å²) in [6, 6.07) is -1.38. The van der Waals surface area contributed by atoms with Crippen molar-refractivity contribution in [3.63, 3.8) is 0 Å². The molecular weight excluding hydrogens is 252 g/mol. The maximum Gasteiger partial charge on any atom is 0.326 e. The largest absolute Gasteiger partial charge is 0.480 e. The van der Waals surface area contributed by atoms with Gasteiger partial charge in [0.2, 0.25) is 0 Å². The summed E-state index contributed by atoms with van der Waals surface area (Å²) >= 11 is 0. The number of carbonyl (C=O) groups excluding carboxylic acids is 1. The maximum atomic E-state index is 12.2. The van der Waals surface area contributed by atoms with E-state index in [1.807, 2.05) is 0 Å². The van der Waals surface area contributed by atoms with E-state index in [0.29, 0.717) is 6.54 Å². The van der Waals surface area contributed by atoms with Gasteiger partial charge >= 0.3 is 12.0 Å². The van der Waals surface area contributed by atoms with Gasteiger partial charge in [0.1, 0.15) is 6.04 Å². The third kappa shape index (κ3) is 2.84. The van der Waals surface area contributed by atoms with Crippen LogP contribution in [0.5, 0.6) is 0 Å². The third-order valence-corrected chi connectivity index (χ3v) is 3.11. The first kappa shape index (κ1) is 13.3. The molecular formula is C11H16N4O4. The number of aliphatic carboxylic acids is 1. The molecule has 2 heterocycles. The van der Waals surface area contributed by atoms with Crippen molar-refractivity contribution in [2.75, 3.05) is 13.6 Å². The number of nitrogens with zero attached hydrogens (tertiary/aromatic N) is 3. The Balaban J connectivity index is 2.03. The summed E-state index contributed by atoms with van der Waals surface area (Å²) in [4.78, 5) is 25.8. The molecule has 1 aromatic rings. The molecule has 8 heteroatoms. The highest BCUT2D eigenvalue weighted by molar-refractivity contribution is 5.83. The number of rotatable bonds is 3. The van der Waals surface area contributed by atoms with Gasteiger partial charge in [0.05, 0.1) is 18.8 Å². The molecule has 2 amide bonds. The van der Waals surface area contributed by atoms with Crippen LogP contribution in [0.3, 0.4) is 0 Å². The van der Waals surface area contributed by atoms with Gasteiger partial charge in [-0.05, 0) is 0 Å². The minimum atomic E-state index is -1.10. The average molecular weight is 268 g/mol. The molecule has 1 unspecified atom stereocenters. The lowest BCUT2D eigenvalue weighted by Gasteiger charge is -2.27. The molecule has 1 saturated heterocycles. The van der Waals surface area contributed by atoms with Crippen molar-refractivity contribution < 1.29 is 19.8 Å². The van der Waals surface area contributed by atoms with E-state index in [-0.39, 0.29) is 13.0 Å². The summed E-state index contributed by atoms with van der Waals surface area (Å²) in [6.07, 6.45) is 2.54. The zero-order chi connectivity index (χ0) is 14.0. The first-order chi connectivity index (χ1) is 8.99. The number of nitrogens with one attached hydrogen (secondary N) is 1. The maximum absolute atomic E-state index is 12.2. The van der Waals surface area contributed by atoms with E-state index < -0.39 is 24.1 Å². The van der Waals surface area contributed by atoms with Crippen LogP contribution in [0.15, 0.2) is 12.4 Å². The van der Waals surface area contributed by atoms with Crippen molar-refractivity contribution in [3.8, 4) is 0 Å². The lowest BCUT2D eigenvalue weighted by Crippen LogP contribution is -2.46. The number of urea groups is 1. The molecule has 0 aliphatic carbocycles. The van der Waals surface area contributed by atoms with E-state index in [1.165, 1.54) is 9.80 Å². The highest BCUT2D eigenvalue weighted by Gasteiger charge is 2.40. The fourth-order valence-electron chi connectivity index (χ4n) is 2.18. The standard InChI is InChI=1S/C11H16N4O4/c1-14(5-7-3-12-13-4-7)11(19)15-6-8(16)2-9(15)10(17)18/h3-4,8-9,16H,2,5-6H2,1H3,(H,12,13)(H,17,18)/t8?,9-/m0/s1. The lowest BCUT2D eigenvalue weighted by atomic mass is 10.2. The quantitative estimate of drug-likeness (QED) is 0.683. The Labute approximate surface area is 109 Å². The van der Waals surface area contributed by atoms with Crippen molar-refractivity contribution in [3.05, 3.63) is 18.0 Å². The van der Waals surface area contributed by atoms with Crippen molar-refractivity contribution in [2.24, 2.45) is 0 Å². The van der Waals surface area contributed by atoms with Gasteiger partial charge in [-0.1, -0.05) is 0 Å². The number of carbonyl (C=O) groups is 2. The van der Waals surface area contributed by atoms with Gasteiger partial charge in [-0.2, -0.15) is 5.10 Å². The monoisotopic (exact) mass is 268 g/mol. The number of aromatic amines is 1. The average Bonchev–Trinajstić information content (AvgIpc) is 2.97. The van der Waals surface area contributed by atoms with Gasteiger partial charge in [0.25, 0.3) is 0 Å². The highest BCUT2D eigenvalue weighted by Crippen LogP contribution is 2.20. The Morgan fingerprint density at radius 2 is 2.37 bits per heavy atom. The predicted molar refractivity (Wildman–Crippen MR) is 64.2 cm³/mol. The van der Waals surface area contributed by atoms with Crippen molar-refractivity contribution in [2.45, 2.75) is 25.1 Å². The summed E-state index contributed by atoms with van der Waals surface area (Å²) in [5.74, 6) is -1.10. The molecule has 1 aliphatic rings. The molecule has 19 heavy (non-hydrogen) atoms. The molecule has 1 aromatic heterocycles. The second-order valence-electron chi connectivity index (χ2n) is 4.64. The number of carboxylic acids is 1. The van der Waals surface area contributed by atoms with Crippen LogP contribution in [0, 0.1) is 0 Å². The number of aliphatic hydroxyl groups excluding tert-OH is 1. The van der Waals surface area contributed by atoms with Gasteiger partial charge < -0.3 is 20.0 Å². The zero-order valence-electron chi connectivity index (χ0n) is 10.5. The topological polar surface area (TPSA) is 110 Å². The second kappa shape index (κ2) is 5.27. The summed E-state index contributed by atoms with van der Waals surface area (Å²) < 4.78 is 0. The Bertz CT molecular complexity index is 461. The van der Waals surface area contributed by atoms with Crippen LogP contribution in [-0.4, -0.2) is 67.9 Å². The van der Waals surface area contributed by atoms with E-state index in [4.69, 9.17) is 5.11 Å². The van der Waals surface area contributed by atoms with Gasteiger partial charge in [0, 0.05) is 31.8 Å². The van der Waals surface area contributed by atoms with E-state index in [2.05, 4.69) is 10.2 Å². The van der Waals surface area contributed by atoms with E-state index in [9.17, 15) is 14.7 Å². The number of amides is 2. The van der Waals surface area contributed by atoms with Crippen LogP contribution in [0.2, 0.25) is 0 Å². The number of β-amino-alcohol motifs (C(OH)–C–C–N with tert-alkyl or cyclic N) is 1. The summed E-state index contributed by atoms with van der Waals surface area (Å²) in [6.45, 7) is 0.375. The predicted octanol–water partition coefficient (Wildman–Crippen LogP) is -0.519. The van der Waals surface area contributed by atoms with E-state index >= 15 is 0 Å². The van der Waals surface area contributed by atoms with Gasteiger partial charge in [-0.3, -0.25) is 5.10 Å². The van der Waals surface area contributed by atoms with E-state index in [1.54, 1.807) is 19.4 Å². The van der Waals surface area contributed by atoms with Gasteiger partial charge in [-0.15, -0.1) is 0 Å². The number of aliphatic hydroxyl groups is 1. The molecule has 104 valence electrons. The molecule has 0 aromatic carbocycles. The fraction of sp³-hybridized carbons (Fsp3) is 0.545. The molecule has 0 radical (unpaired) electrons. The van der Waals surface area contributed by atoms with E-state index in [0.717, 1.165) is 5.56 Å². The summed E-state index contributed by atoms with van der Waals surface area (Å²) in [5, 5.41) is 25.0. The minimum absolute atomic E-state index is 0.0471. The number of likely N-dealkylation sites (tertiary alicyclic amines) is 1. The zero-order valence-corrected chi connectivity index (χ0v) is 10.5. The smallest absolute Gasteiger partial charge is 0.326 e. The summed E-state index contributed by atoms with van der Waals surface area (Å²) in [5.41, 5.74) is 0.822. The molecule has 3 N–H and O–H groups in total. The molecule has 0 spiro atoms. The van der Waals surface area contributed by atoms with Gasteiger partial charge in [-0.25, -0.2) is 9.59 Å². The van der Waals surface area contributed by atoms with Crippen LogP contribution >= 0.6 is 0 Å². The SMILES string of the molecule is CN(Cc1cn[nH]c1)C(=O)N1CC(O)C[C@H]1C(=O)O. The first-order valence-corrected chi connectivity index (χ1v) is 5.89. The Kier molecular flexibility index (Phi) is 3.70. The fourth-order valence-corrected chi connectivity index (χ4v) is 2.18. The van der Waals surface area contributed by atoms with Crippen LogP contribution in [0.1, 0.15) is 12.0 Å². The van der Waals surface area contributed by atoms with Crippen LogP contribution in [-0.2, 0) is 11.3 Å². The number of hydrogen-bond donors (Lipinski definition) is 3. The Hall–Kier alpha value is -2.09. The molecule has 8 nitrogen and oxygen atoms in total. The van der Waals surface area contributed by atoms with Crippen LogP contribution in [0.25, 0.3) is 0 Å². The molecule has 0 bridgehead atoms. The lowest BCUT2D eigenvalue weighted by molar-refractivity contribution is -0.141. The molecule has 0 saturated carbocycles. The van der Waals surface area contributed by atoms with Crippen LogP contribution in [0.4, 0.5) is 4.79 Å². The van der Waals surface area contributed by atoms with Crippen molar-refractivity contribution >= 4 is 12.0 Å². The molecule has 2 rings (SSSR count). The Morgan fingerprint density at radius 1 is 1.63 bits per heavy atom. The van der Waals surface area contributed by atoms with Gasteiger partial charge in [0.15, 0.2) is 0 Å². The summed E-state index contributed by atoms with van der Waals surface area (Å²) in [7, 11) is 1.58. The third-order valence-electron chi connectivity index (χ3n) is 3.11. The first-order valence-electron chi connectivity index (χ1n) is 5.89. The molecule has 1 aliphatic heterocycles. The normalized spacial score (nSPS) is 22.5. The second-order valence-corrected chi connectivity index (χ2v) is 4.64. The van der Waals surface area contributed by atoms with Crippen molar-refractivity contribution in [1.82, 2.24) is 20.0 Å². The number of hydrogen-bond acceptors (Lipinski definition) is 4. The number of carboxylic acid groups (broad SMARTS) is 1. The molecule has 1 fully saturated rings.